The van der Waals surface area contributed by atoms with Crippen molar-refractivity contribution in [1.82, 2.24) is 15.2 Å². The summed E-state index contributed by atoms with van der Waals surface area (Å²) in [5, 5.41) is 7.97. The second-order valence-electron chi connectivity index (χ2n) is 6.33. The molecular formula is C21H29IN4O2. The number of nitrogens with zero attached hydrogens (tertiary/aromatic N) is 2. The van der Waals surface area contributed by atoms with Gasteiger partial charge in [0.05, 0.1) is 6.26 Å². The molecule has 2 aromatic heterocycles. The van der Waals surface area contributed by atoms with Gasteiger partial charge in [0.25, 0.3) is 0 Å². The molecule has 0 aliphatic rings. The van der Waals surface area contributed by atoms with Gasteiger partial charge in [-0.05, 0) is 42.5 Å². The SMILES string of the molecule is CN=C(NCCCOCc1ccco1)NCCCn1ccc2ccccc21.I. The van der Waals surface area contributed by atoms with Crippen LogP contribution in [0, 0.1) is 0 Å². The van der Waals surface area contributed by atoms with E-state index in [0.717, 1.165) is 44.2 Å². The minimum absolute atomic E-state index is 0. The predicted octanol–water partition coefficient (Wildman–Crippen LogP) is 4.01. The van der Waals surface area contributed by atoms with Crippen molar-refractivity contribution < 1.29 is 9.15 Å². The predicted molar refractivity (Wildman–Crippen MR) is 124 cm³/mol. The Hall–Kier alpha value is -2.00. The lowest BCUT2D eigenvalue weighted by Crippen LogP contribution is -2.38. The highest BCUT2D eigenvalue weighted by Gasteiger charge is 2.01. The Morgan fingerprint density at radius 1 is 1.07 bits per heavy atom. The third-order valence-electron chi connectivity index (χ3n) is 4.35. The molecule has 0 saturated heterocycles. The van der Waals surface area contributed by atoms with Crippen molar-refractivity contribution in [2.24, 2.45) is 4.99 Å². The number of halogens is 1. The summed E-state index contributed by atoms with van der Waals surface area (Å²) in [6.45, 7) is 3.89. The van der Waals surface area contributed by atoms with Crippen molar-refractivity contribution in [3.05, 3.63) is 60.7 Å². The Morgan fingerprint density at radius 2 is 1.89 bits per heavy atom. The summed E-state index contributed by atoms with van der Waals surface area (Å²) in [5.41, 5.74) is 1.29. The molecule has 2 heterocycles. The highest BCUT2D eigenvalue weighted by Crippen LogP contribution is 2.15. The number of benzene rings is 1. The molecular weight excluding hydrogens is 467 g/mol. The Bertz CT molecular complexity index is 830. The molecule has 0 aliphatic carbocycles. The average molecular weight is 496 g/mol. The lowest BCUT2D eigenvalue weighted by atomic mass is 10.2. The van der Waals surface area contributed by atoms with Gasteiger partial charge < -0.3 is 24.4 Å². The molecule has 3 rings (SSSR count). The number of aromatic nitrogens is 1. The first-order valence-electron chi connectivity index (χ1n) is 9.45. The molecule has 0 fully saturated rings. The second kappa shape index (κ2) is 12.5. The quantitative estimate of drug-likeness (QED) is 0.193. The molecule has 0 atom stereocenters. The number of nitrogens with one attached hydrogen (secondary N) is 2. The van der Waals surface area contributed by atoms with Crippen LogP contribution in [0.4, 0.5) is 0 Å². The summed E-state index contributed by atoms with van der Waals surface area (Å²) >= 11 is 0. The van der Waals surface area contributed by atoms with Gasteiger partial charge in [-0.25, -0.2) is 0 Å². The zero-order chi connectivity index (χ0) is 18.7. The lowest BCUT2D eigenvalue weighted by Gasteiger charge is -2.12. The van der Waals surface area contributed by atoms with Gasteiger partial charge in [0.15, 0.2) is 5.96 Å². The first kappa shape index (κ1) is 22.3. The van der Waals surface area contributed by atoms with Gasteiger partial charge in [0, 0.05) is 45.0 Å². The summed E-state index contributed by atoms with van der Waals surface area (Å²) in [6.07, 6.45) is 5.76. The number of hydrogen-bond acceptors (Lipinski definition) is 3. The van der Waals surface area contributed by atoms with Gasteiger partial charge in [0.1, 0.15) is 12.4 Å². The molecule has 7 heteroatoms. The maximum absolute atomic E-state index is 5.57. The number of guanidine groups is 1. The summed E-state index contributed by atoms with van der Waals surface area (Å²) in [7, 11) is 1.79. The molecule has 0 spiro atoms. The number of furan rings is 1. The van der Waals surface area contributed by atoms with E-state index in [2.05, 4.69) is 56.7 Å². The topological polar surface area (TPSA) is 63.7 Å². The zero-order valence-electron chi connectivity index (χ0n) is 16.3. The van der Waals surface area contributed by atoms with Gasteiger partial charge in [-0.3, -0.25) is 4.99 Å². The van der Waals surface area contributed by atoms with E-state index < -0.39 is 0 Å². The summed E-state index contributed by atoms with van der Waals surface area (Å²) in [5.74, 6) is 1.69. The summed E-state index contributed by atoms with van der Waals surface area (Å²) in [6, 6.07) is 14.4. The standard InChI is InChI=1S/C21H28N4O2.HI/c1-22-21(24-12-6-15-26-17-19-8-4-16-27-19)23-11-5-13-25-14-10-18-7-2-3-9-20(18)25;/h2-4,7-10,14,16H,5-6,11-13,15,17H2,1H3,(H2,22,23,24);1H. The third kappa shape index (κ3) is 6.87. The second-order valence-corrected chi connectivity index (χ2v) is 6.33. The van der Waals surface area contributed by atoms with Crippen LogP contribution in [0.1, 0.15) is 18.6 Å². The first-order valence-corrected chi connectivity index (χ1v) is 9.45. The highest BCUT2D eigenvalue weighted by atomic mass is 127. The maximum atomic E-state index is 5.57. The molecule has 3 aromatic rings. The fourth-order valence-corrected chi connectivity index (χ4v) is 2.96. The van der Waals surface area contributed by atoms with E-state index >= 15 is 0 Å². The van der Waals surface area contributed by atoms with E-state index in [-0.39, 0.29) is 24.0 Å². The van der Waals surface area contributed by atoms with Crippen molar-refractivity contribution in [2.45, 2.75) is 26.0 Å². The number of hydrogen-bond donors (Lipinski definition) is 2. The number of ether oxygens (including phenoxy) is 1. The first-order chi connectivity index (χ1) is 13.4. The summed E-state index contributed by atoms with van der Waals surface area (Å²) in [4.78, 5) is 4.26. The zero-order valence-corrected chi connectivity index (χ0v) is 18.6. The van der Waals surface area contributed by atoms with Crippen molar-refractivity contribution in [3.8, 4) is 0 Å². The van der Waals surface area contributed by atoms with E-state index in [0.29, 0.717) is 13.2 Å². The molecule has 0 saturated carbocycles. The number of rotatable bonds is 10. The smallest absolute Gasteiger partial charge is 0.190 e. The van der Waals surface area contributed by atoms with E-state index in [1.165, 1.54) is 10.9 Å². The van der Waals surface area contributed by atoms with Crippen LogP contribution in [0.5, 0.6) is 0 Å². The minimum atomic E-state index is 0. The fourth-order valence-electron chi connectivity index (χ4n) is 2.96. The largest absolute Gasteiger partial charge is 0.467 e. The molecule has 0 unspecified atom stereocenters. The molecule has 0 bridgehead atoms. The Balaban J connectivity index is 0.00000280. The van der Waals surface area contributed by atoms with Gasteiger partial charge in [-0.1, -0.05) is 18.2 Å². The molecule has 28 heavy (non-hydrogen) atoms. The maximum Gasteiger partial charge on any atom is 0.190 e. The molecule has 152 valence electrons. The van der Waals surface area contributed by atoms with Gasteiger partial charge in [-0.2, -0.15) is 0 Å². The Morgan fingerprint density at radius 3 is 2.68 bits per heavy atom. The average Bonchev–Trinajstić information content (AvgIpc) is 3.36. The van der Waals surface area contributed by atoms with Gasteiger partial charge in [0.2, 0.25) is 0 Å². The van der Waals surface area contributed by atoms with Crippen LogP contribution in [-0.4, -0.2) is 37.3 Å². The molecule has 6 nitrogen and oxygen atoms in total. The third-order valence-corrected chi connectivity index (χ3v) is 4.35. The molecule has 0 radical (unpaired) electrons. The van der Waals surface area contributed by atoms with Gasteiger partial charge >= 0.3 is 0 Å². The van der Waals surface area contributed by atoms with Gasteiger partial charge in [-0.15, -0.1) is 24.0 Å². The van der Waals surface area contributed by atoms with Crippen LogP contribution in [0.2, 0.25) is 0 Å². The Kier molecular flexibility index (Phi) is 9.92. The van der Waals surface area contributed by atoms with Crippen molar-refractivity contribution in [2.75, 3.05) is 26.7 Å². The van der Waals surface area contributed by atoms with Crippen LogP contribution >= 0.6 is 24.0 Å². The van der Waals surface area contributed by atoms with Crippen LogP contribution in [0.3, 0.4) is 0 Å². The molecule has 1 aromatic carbocycles. The number of aryl methyl sites for hydroxylation is 1. The highest BCUT2D eigenvalue weighted by molar-refractivity contribution is 14.0. The van der Waals surface area contributed by atoms with E-state index in [9.17, 15) is 0 Å². The number of para-hydroxylation sites is 1. The summed E-state index contributed by atoms with van der Waals surface area (Å²) < 4.78 is 13.1. The number of fused-ring (bicyclic) bond motifs is 1. The van der Waals surface area contributed by atoms with E-state index in [4.69, 9.17) is 9.15 Å². The Labute approximate surface area is 183 Å². The van der Waals surface area contributed by atoms with Crippen LogP contribution < -0.4 is 10.6 Å². The van der Waals surface area contributed by atoms with Crippen molar-refractivity contribution >= 4 is 40.8 Å². The normalized spacial score (nSPS) is 11.4. The van der Waals surface area contributed by atoms with E-state index in [1.54, 1.807) is 13.3 Å². The molecule has 2 N–H and O–H groups in total. The van der Waals surface area contributed by atoms with Crippen molar-refractivity contribution in [3.63, 3.8) is 0 Å². The number of aliphatic imine (C=N–C) groups is 1. The minimum Gasteiger partial charge on any atom is -0.467 e. The monoisotopic (exact) mass is 496 g/mol. The van der Waals surface area contributed by atoms with Crippen LogP contribution in [0.15, 0.2) is 64.3 Å². The van der Waals surface area contributed by atoms with E-state index in [1.807, 2.05) is 12.1 Å². The molecule has 0 amide bonds. The van der Waals surface area contributed by atoms with Crippen molar-refractivity contribution in [1.29, 1.82) is 0 Å². The van der Waals surface area contributed by atoms with Crippen LogP contribution in [0.25, 0.3) is 10.9 Å². The fraction of sp³-hybridized carbons (Fsp3) is 0.381. The lowest BCUT2D eigenvalue weighted by molar-refractivity contribution is 0.105. The van der Waals surface area contributed by atoms with Crippen LogP contribution in [-0.2, 0) is 17.9 Å². The molecule has 0 aliphatic heterocycles.